The molecule has 1 aromatic rings. The van der Waals surface area contributed by atoms with Crippen molar-refractivity contribution < 1.29 is 23.0 Å². The Bertz CT molecular complexity index is 651. The zero-order valence-electron chi connectivity index (χ0n) is 14.6. The summed E-state index contributed by atoms with van der Waals surface area (Å²) in [6, 6.07) is 6.21. The van der Waals surface area contributed by atoms with Crippen LogP contribution in [0, 0.1) is 5.92 Å². The molecule has 1 N–H and O–H groups in total. The molecule has 2 aliphatic heterocycles. The lowest BCUT2D eigenvalue weighted by atomic mass is 9.70. The minimum absolute atomic E-state index is 0.00378. The number of benzene rings is 1. The van der Waals surface area contributed by atoms with Crippen molar-refractivity contribution in [1.29, 1.82) is 0 Å². The summed E-state index contributed by atoms with van der Waals surface area (Å²) in [5, 5.41) is 3.13. The quantitative estimate of drug-likeness (QED) is 0.871. The summed E-state index contributed by atoms with van der Waals surface area (Å²) in [4.78, 5) is 15.1. The average Bonchev–Trinajstić information content (AvgIpc) is 3.04. The molecule has 0 spiro atoms. The number of halogens is 2. The van der Waals surface area contributed by atoms with Crippen LogP contribution in [0.1, 0.15) is 36.0 Å². The number of piperidine rings is 1. The van der Waals surface area contributed by atoms with Gasteiger partial charge in [-0.3, -0.25) is 9.69 Å². The monoisotopic (exact) mass is 366 g/mol. The molecule has 1 amide bonds. The topological polar surface area (TPSA) is 50.8 Å². The minimum Gasteiger partial charge on any atom is -0.435 e. The third-order valence-corrected chi connectivity index (χ3v) is 5.78. The largest absolute Gasteiger partial charge is 0.435 e. The molecular weight excluding hydrogens is 342 g/mol. The van der Waals surface area contributed by atoms with E-state index in [-0.39, 0.29) is 29.8 Å². The van der Waals surface area contributed by atoms with Crippen molar-refractivity contribution in [2.45, 2.75) is 50.5 Å². The maximum Gasteiger partial charge on any atom is 0.387 e. The molecule has 0 bridgehead atoms. The first-order chi connectivity index (χ1) is 12.6. The molecule has 7 heteroatoms. The number of likely N-dealkylation sites (tertiary alicyclic amines) is 1. The van der Waals surface area contributed by atoms with Crippen molar-refractivity contribution in [3.8, 4) is 5.75 Å². The highest BCUT2D eigenvalue weighted by atomic mass is 19.3. The number of nitrogens with one attached hydrogen (secondary N) is 1. The Morgan fingerprint density at radius 3 is 2.85 bits per heavy atom. The molecule has 3 fully saturated rings. The molecule has 4 unspecified atom stereocenters. The van der Waals surface area contributed by atoms with Gasteiger partial charge in [0.15, 0.2) is 0 Å². The van der Waals surface area contributed by atoms with Crippen molar-refractivity contribution >= 4 is 5.91 Å². The Hall–Kier alpha value is -1.73. The summed E-state index contributed by atoms with van der Waals surface area (Å²) < 4.78 is 35.1. The fraction of sp³-hybridized carbons (Fsp3) is 0.632. The van der Waals surface area contributed by atoms with E-state index in [2.05, 4.69) is 15.0 Å². The molecule has 4 atom stereocenters. The SMILES string of the molecule is O=C(NC1C2CCOC2C1N1CCCCC1)c1cccc(OC(F)F)c1. The van der Waals surface area contributed by atoms with E-state index in [1.165, 1.54) is 31.4 Å². The number of hydrogen-bond acceptors (Lipinski definition) is 4. The molecule has 0 aromatic heterocycles. The fourth-order valence-electron chi connectivity index (χ4n) is 4.57. The third-order valence-electron chi connectivity index (χ3n) is 5.78. The van der Waals surface area contributed by atoms with Crippen molar-refractivity contribution in [2.75, 3.05) is 19.7 Å². The van der Waals surface area contributed by atoms with E-state index < -0.39 is 6.61 Å². The van der Waals surface area contributed by atoms with E-state index in [0.29, 0.717) is 11.5 Å². The van der Waals surface area contributed by atoms with Gasteiger partial charge in [0, 0.05) is 18.1 Å². The number of nitrogens with zero attached hydrogens (tertiary/aromatic N) is 1. The van der Waals surface area contributed by atoms with Crippen LogP contribution in [0.5, 0.6) is 5.75 Å². The van der Waals surface area contributed by atoms with Gasteiger partial charge in [-0.05, 0) is 50.6 Å². The first-order valence-electron chi connectivity index (χ1n) is 9.35. The second-order valence-electron chi connectivity index (χ2n) is 7.28. The van der Waals surface area contributed by atoms with E-state index in [0.717, 1.165) is 26.1 Å². The molecule has 2 saturated heterocycles. The molecular formula is C19H24F2N2O3. The van der Waals surface area contributed by atoms with Crippen molar-refractivity contribution in [3.63, 3.8) is 0 Å². The van der Waals surface area contributed by atoms with Gasteiger partial charge in [0.25, 0.3) is 5.91 Å². The van der Waals surface area contributed by atoms with Gasteiger partial charge in [0.05, 0.1) is 18.2 Å². The fourth-order valence-corrected chi connectivity index (χ4v) is 4.57. The van der Waals surface area contributed by atoms with E-state index in [1.807, 2.05) is 0 Å². The summed E-state index contributed by atoms with van der Waals surface area (Å²) in [5.74, 6) is 0.0874. The van der Waals surface area contributed by atoms with Gasteiger partial charge in [0.2, 0.25) is 0 Å². The predicted molar refractivity (Wildman–Crippen MR) is 91.4 cm³/mol. The normalized spacial score (nSPS) is 31.3. The molecule has 3 aliphatic rings. The number of amides is 1. The van der Waals surface area contributed by atoms with Crippen molar-refractivity contribution in [2.24, 2.45) is 5.92 Å². The number of carbonyl (C=O) groups excluding carboxylic acids is 1. The van der Waals surface area contributed by atoms with Gasteiger partial charge in [0.1, 0.15) is 5.75 Å². The average molecular weight is 366 g/mol. The standard InChI is InChI=1S/C19H24F2N2O3/c20-19(21)26-13-6-4-5-12(11-13)18(24)22-15-14-7-10-25-17(14)16(15)23-8-2-1-3-9-23/h4-6,11,14-17,19H,1-3,7-10H2,(H,22,24). The predicted octanol–water partition coefficient (Wildman–Crippen LogP) is 2.66. The summed E-state index contributed by atoms with van der Waals surface area (Å²) >= 11 is 0. The summed E-state index contributed by atoms with van der Waals surface area (Å²) in [5.41, 5.74) is 0.336. The molecule has 1 aromatic carbocycles. The van der Waals surface area contributed by atoms with Crippen LogP contribution in [0.4, 0.5) is 8.78 Å². The number of fused-ring (bicyclic) bond motifs is 1. The van der Waals surface area contributed by atoms with Crippen LogP contribution in [0.25, 0.3) is 0 Å². The number of ether oxygens (including phenoxy) is 2. The van der Waals surface area contributed by atoms with Crippen LogP contribution in [-0.2, 0) is 4.74 Å². The van der Waals surface area contributed by atoms with E-state index in [4.69, 9.17) is 4.74 Å². The van der Waals surface area contributed by atoms with E-state index >= 15 is 0 Å². The first-order valence-corrected chi connectivity index (χ1v) is 9.35. The second kappa shape index (κ2) is 7.48. The number of rotatable bonds is 5. The Labute approximate surface area is 151 Å². The molecule has 26 heavy (non-hydrogen) atoms. The lowest BCUT2D eigenvalue weighted by Crippen LogP contribution is -2.71. The highest BCUT2D eigenvalue weighted by molar-refractivity contribution is 5.95. The number of alkyl halides is 2. The lowest BCUT2D eigenvalue weighted by molar-refractivity contribution is -0.0862. The van der Waals surface area contributed by atoms with Gasteiger partial charge in [-0.1, -0.05) is 12.5 Å². The highest BCUT2D eigenvalue weighted by Gasteiger charge is 2.56. The highest BCUT2D eigenvalue weighted by Crippen LogP contribution is 2.42. The van der Waals surface area contributed by atoms with Gasteiger partial charge in [-0.25, -0.2) is 0 Å². The molecule has 1 saturated carbocycles. The zero-order chi connectivity index (χ0) is 18.1. The second-order valence-corrected chi connectivity index (χ2v) is 7.28. The van der Waals surface area contributed by atoms with Gasteiger partial charge in [-0.15, -0.1) is 0 Å². The molecule has 5 nitrogen and oxygen atoms in total. The van der Waals surface area contributed by atoms with Crippen LogP contribution < -0.4 is 10.1 Å². The van der Waals surface area contributed by atoms with Crippen molar-refractivity contribution in [1.82, 2.24) is 10.2 Å². The maximum atomic E-state index is 12.7. The Balaban J connectivity index is 1.45. The van der Waals surface area contributed by atoms with Crippen LogP contribution in [0.15, 0.2) is 24.3 Å². The Kier molecular flexibility index (Phi) is 5.09. The zero-order valence-corrected chi connectivity index (χ0v) is 14.6. The van der Waals surface area contributed by atoms with Crippen LogP contribution in [-0.4, -0.2) is 55.3 Å². The van der Waals surface area contributed by atoms with Crippen molar-refractivity contribution in [3.05, 3.63) is 29.8 Å². The van der Waals surface area contributed by atoms with Crippen LogP contribution >= 0.6 is 0 Å². The molecule has 2 heterocycles. The maximum absolute atomic E-state index is 12.7. The number of carbonyl (C=O) groups is 1. The molecule has 0 radical (unpaired) electrons. The summed E-state index contributed by atoms with van der Waals surface area (Å²) in [6.45, 7) is -0.0771. The van der Waals surface area contributed by atoms with Crippen LogP contribution in [0.2, 0.25) is 0 Å². The number of hydrogen-bond donors (Lipinski definition) is 1. The minimum atomic E-state index is -2.90. The Morgan fingerprint density at radius 1 is 1.27 bits per heavy atom. The van der Waals surface area contributed by atoms with Gasteiger partial charge in [-0.2, -0.15) is 8.78 Å². The summed E-state index contributed by atoms with van der Waals surface area (Å²) in [7, 11) is 0. The van der Waals surface area contributed by atoms with Gasteiger partial charge >= 0.3 is 6.61 Å². The van der Waals surface area contributed by atoms with E-state index in [9.17, 15) is 13.6 Å². The lowest BCUT2D eigenvalue weighted by Gasteiger charge is -2.53. The molecule has 4 rings (SSSR count). The molecule has 1 aliphatic carbocycles. The third kappa shape index (κ3) is 3.42. The van der Waals surface area contributed by atoms with Gasteiger partial charge < -0.3 is 14.8 Å². The summed E-state index contributed by atoms with van der Waals surface area (Å²) in [6.07, 6.45) is 4.77. The first kappa shape index (κ1) is 17.7. The smallest absolute Gasteiger partial charge is 0.387 e. The Morgan fingerprint density at radius 2 is 2.08 bits per heavy atom. The molecule has 142 valence electrons. The van der Waals surface area contributed by atoms with E-state index in [1.54, 1.807) is 12.1 Å². The van der Waals surface area contributed by atoms with Crippen LogP contribution in [0.3, 0.4) is 0 Å².